The van der Waals surface area contributed by atoms with E-state index in [-0.39, 0.29) is 0 Å². The third-order valence-corrected chi connectivity index (χ3v) is 4.48. The topological polar surface area (TPSA) is 47.0 Å². The fourth-order valence-corrected chi connectivity index (χ4v) is 3.22. The van der Waals surface area contributed by atoms with E-state index in [0.29, 0.717) is 18.4 Å². The van der Waals surface area contributed by atoms with E-state index in [1.165, 1.54) is 11.1 Å². The molecular formula is C16H12ClN3OS. The van der Waals surface area contributed by atoms with Crippen LogP contribution in [0.25, 0.3) is 11.3 Å². The Kier molecular flexibility index (Phi) is 3.54. The summed E-state index contributed by atoms with van der Waals surface area (Å²) in [5.41, 5.74) is 5.46. The second-order valence-corrected chi connectivity index (χ2v) is 6.25. The van der Waals surface area contributed by atoms with E-state index in [2.05, 4.69) is 33.5 Å². The summed E-state index contributed by atoms with van der Waals surface area (Å²) < 4.78 is 5.45. The quantitative estimate of drug-likeness (QED) is 0.711. The Bertz CT molecular complexity index is 817. The highest BCUT2D eigenvalue weighted by Gasteiger charge is 2.13. The van der Waals surface area contributed by atoms with Crippen LogP contribution in [-0.2, 0) is 18.0 Å². The first-order valence-corrected chi connectivity index (χ1v) is 8.08. The predicted octanol–water partition coefficient (Wildman–Crippen LogP) is 4.63. The molecule has 0 amide bonds. The van der Waals surface area contributed by atoms with E-state index in [1.54, 1.807) is 23.6 Å². The Balaban J connectivity index is 1.57. The molecule has 6 heteroatoms. The molecular weight excluding hydrogens is 318 g/mol. The molecule has 0 fully saturated rings. The zero-order chi connectivity index (χ0) is 14.9. The van der Waals surface area contributed by atoms with E-state index < -0.39 is 0 Å². The van der Waals surface area contributed by atoms with Gasteiger partial charge in [0.05, 0.1) is 30.8 Å². The van der Waals surface area contributed by atoms with Crippen LogP contribution in [0.2, 0.25) is 5.15 Å². The van der Waals surface area contributed by atoms with Crippen molar-refractivity contribution in [2.75, 3.05) is 5.32 Å². The van der Waals surface area contributed by atoms with E-state index in [0.717, 1.165) is 22.1 Å². The number of hydrogen-bond donors (Lipinski definition) is 1. The number of benzene rings is 1. The van der Waals surface area contributed by atoms with Crippen LogP contribution in [0.1, 0.15) is 11.1 Å². The summed E-state index contributed by atoms with van der Waals surface area (Å²) in [6, 6.07) is 10.00. The van der Waals surface area contributed by atoms with Crippen LogP contribution >= 0.6 is 22.9 Å². The minimum Gasteiger partial charge on any atom is -0.372 e. The van der Waals surface area contributed by atoms with Gasteiger partial charge in [-0.05, 0) is 29.3 Å². The lowest BCUT2D eigenvalue weighted by atomic mass is 10.1. The Hall–Kier alpha value is -1.95. The number of hydrogen-bond acceptors (Lipinski definition) is 5. The maximum absolute atomic E-state index is 5.78. The van der Waals surface area contributed by atoms with E-state index in [1.807, 2.05) is 11.4 Å². The highest BCUT2D eigenvalue weighted by molar-refractivity contribution is 7.14. The molecule has 3 aromatic rings. The Labute approximate surface area is 136 Å². The summed E-state index contributed by atoms with van der Waals surface area (Å²) >= 11 is 7.35. The number of thiazole rings is 1. The second-order valence-electron chi connectivity index (χ2n) is 5.01. The number of nitrogens with zero attached hydrogens (tertiary/aromatic N) is 2. The molecule has 3 heterocycles. The van der Waals surface area contributed by atoms with Crippen molar-refractivity contribution < 1.29 is 4.74 Å². The van der Waals surface area contributed by atoms with Crippen molar-refractivity contribution in [1.29, 1.82) is 0 Å². The van der Waals surface area contributed by atoms with Crippen molar-refractivity contribution in [1.82, 2.24) is 9.97 Å². The molecule has 4 rings (SSSR count). The zero-order valence-electron chi connectivity index (χ0n) is 11.5. The van der Waals surface area contributed by atoms with Gasteiger partial charge in [-0.25, -0.2) is 9.97 Å². The summed E-state index contributed by atoms with van der Waals surface area (Å²) in [5, 5.41) is 6.59. The molecule has 0 atom stereocenters. The number of pyridine rings is 1. The number of rotatable bonds is 3. The number of nitrogens with one attached hydrogen (secondary N) is 1. The standard InChI is InChI=1S/C16H12ClN3OS/c17-15-4-3-13(6-18-15)19-16-20-14(9-22-16)10-1-2-11-7-21-8-12(11)5-10/h1-6,9H,7-8H2,(H,19,20). The number of ether oxygens (including phenoxy) is 1. The van der Waals surface area contributed by atoms with Gasteiger partial charge >= 0.3 is 0 Å². The van der Waals surface area contributed by atoms with Crippen molar-refractivity contribution in [2.24, 2.45) is 0 Å². The summed E-state index contributed by atoms with van der Waals surface area (Å²) in [7, 11) is 0. The molecule has 0 saturated carbocycles. The number of fused-ring (bicyclic) bond motifs is 1. The second kappa shape index (κ2) is 5.68. The van der Waals surface area contributed by atoms with Gasteiger partial charge in [0.15, 0.2) is 5.13 Å². The Morgan fingerprint density at radius 1 is 1.14 bits per heavy atom. The molecule has 1 aliphatic heterocycles. The lowest BCUT2D eigenvalue weighted by Crippen LogP contribution is -1.90. The number of anilines is 2. The van der Waals surface area contributed by atoms with Crippen molar-refractivity contribution >= 4 is 33.8 Å². The molecule has 22 heavy (non-hydrogen) atoms. The van der Waals surface area contributed by atoms with E-state index >= 15 is 0 Å². The van der Waals surface area contributed by atoms with Crippen LogP contribution in [0.15, 0.2) is 41.9 Å². The normalized spacial score (nSPS) is 13.1. The first-order chi connectivity index (χ1) is 10.8. The van der Waals surface area contributed by atoms with Gasteiger partial charge in [0, 0.05) is 10.9 Å². The highest BCUT2D eigenvalue weighted by atomic mass is 35.5. The largest absolute Gasteiger partial charge is 0.372 e. The van der Waals surface area contributed by atoms with Gasteiger partial charge in [0.25, 0.3) is 0 Å². The minimum atomic E-state index is 0.478. The van der Waals surface area contributed by atoms with Crippen molar-refractivity contribution in [2.45, 2.75) is 13.2 Å². The summed E-state index contributed by atoms with van der Waals surface area (Å²) in [4.78, 5) is 8.67. The maximum Gasteiger partial charge on any atom is 0.187 e. The van der Waals surface area contributed by atoms with Crippen LogP contribution in [0.5, 0.6) is 0 Å². The van der Waals surface area contributed by atoms with Crippen LogP contribution in [0, 0.1) is 0 Å². The molecule has 4 nitrogen and oxygen atoms in total. The summed E-state index contributed by atoms with van der Waals surface area (Å²) in [6.45, 7) is 1.40. The SMILES string of the molecule is Clc1ccc(Nc2nc(-c3ccc4c(c3)COC4)cs2)cn1. The fraction of sp³-hybridized carbons (Fsp3) is 0.125. The van der Waals surface area contributed by atoms with Gasteiger partial charge in [0.1, 0.15) is 5.15 Å². The average Bonchev–Trinajstić information content (AvgIpc) is 3.17. The predicted molar refractivity (Wildman–Crippen MR) is 88.6 cm³/mol. The molecule has 0 spiro atoms. The van der Waals surface area contributed by atoms with Gasteiger partial charge in [-0.2, -0.15) is 0 Å². The summed E-state index contributed by atoms with van der Waals surface area (Å²) in [5.74, 6) is 0. The Morgan fingerprint density at radius 2 is 2.05 bits per heavy atom. The van der Waals surface area contributed by atoms with Gasteiger partial charge < -0.3 is 10.1 Å². The lowest BCUT2D eigenvalue weighted by molar-refractivity contribution is 0.134. The number of halogens is 1. The molecule has 110 valence electrons. The van der Waals surface area contributed by atoms with Crippen molar-refractivity contribution in [3.8, 4) is 11.3 Å². The van der Waals surface area contributed by atoms with Crippen LogP contribution in [0.4, 0.5) is 10.8 Å². The van der Waals surface area contributed by atoms with Crippen LogP contribution < -0.4 is 5.32 Å². The molecule has 0 unspecified atom stereocenters. The first kappa shape index (κ1) is 13.7. The fourth-order valence-electron chi connectivity index (χ4n) is 2.37. The minimum absolute atomic E-state index is 0.478. The van der Waals surface area contributed by atoms with E-state index in [4.69, 9.17) is 16.3 Å². The molecule has 1 aromatic carbocycles. The number of aromatic nitrogens is 2. The average molecular weight is 330 g/mol. The van der Waals surface area contributed by atoms with Gasteiger partial charge in [-0.15, -0.1) is 11.3 Å². The lowest BCUT2D eigenvalue weighted by Gasteiger charge is -2.02. The van der Waals surface area contributed by atoms with Crippen molar-refractivity contribution in [3.63, 3.8) is 0 Å². The van der Waals surface area contributed by atoms with Gasteiger partial charge in [0.2, 0.25) is 0 Å². The molecule has 0 bridgehead atoms. The monoisotopic (exact) mass is 329 g/mol. The first-order valence-electron chi connectivity index (χ1n) is 6.82. The Morgan fingerprint density at radius 3 is 2.91 bits per heavy atom. The van der Waals surface area contributed by atoms with Crippen molar-refractivity contribution in [3.05, 3.63) is 58.2 Å². The zero-order valence-corrected chi connectivity index (χ0v) is 13.1. The third-order valence-electron chi connectivity index (χ3n) is 3.50. The molecule has 0 saturated heterocycles. The highest BCUT2D eigenvalue weighted by Crippen LogP contribution is 2.30. The smallest absolute Gasteiger partial charge is 0.187 e. The van der Waals surface area contributed by atoms with E-state index in [9.17, 15) is 0 Å². The third kappa shape index (κ3) is 2.70. The van der Waals surface area contributed by atoms with Gasteiger partial charge in [-0.3, -0.25) is 0 Å². The molecule has 1 aliphatic rings. The molecule has 1 N–H and O–H groups in total. The molecule has 0 aliphatic carbocycles. The van der Waals surface area contributed by atoms with Crippen LogP contribution in [0.3, 0.4) is 0 Å². The summed E-state index contributed by atoms with van der Waals surface area (Å²) in [6.07, 6.45) is 1.69. The molecule has 0 radical (unpaired) electrons. The van der Waals surface area contributed by atoms with Gasteiger partial charge in [-0.1, -0.05) is 23.7 Å². The van der Waals surface area contributed by atoms with Crippen LogP contribution in [-0.4, -0.2) is 9.97 Å². The maximum atomic E-state index is 5.78. The molecule has 2 aromatic heterocycles.